The van der Waals surface area contributed by atoms with Gasteiger partial charge >= 0.3 is 0 Å². The number of ether oxygens (including phenoxy) is 1. The number of hydrogen-bond acceptors (Lipinski definition) is 3. The van der Waals surface area contributed by atoms with Gasteiger partial charge < -0.3 is 15.0 Å². The van der Waals surface area contributed by atoms with Crippen molar-refractivity contribution in [1.82, 2.24) is 10.2 Å². The van der Waals surface area contributed by atoms with Crippen molar-refractivity contribution < 1.29 is 9.53 Å². The fourth-order valence-electron chi connectivity index (χ4n) is 3.45. The summed E-state index contributed by atoms with van der Waals surface area (Å²) in [6.45, 7) is 4.39. The molecule has 1 aromatic carbocycles. The van der Waals surface area contributed by atoms with Crippen LogP contribution >= 0.6 is 0 Å². The highest BCUT2D eigenvalue weighted by Gasteiger charge is 2.32. The molecule has 120 valence electrons. The average Bonchev–Trinajstić information content (AvgIpc) is 2.87. The molecule has 2 aliphatic rings. The zero-order chi connectivity index (χ0) is 15.4. The van der Waals surface area contributed by atoms with E-state index in [1.165, 1.54) is 12.8 Å². The molecule has 2 aliphatic heterocycles. The predicted molar refractivity (Wildman–Crippen MR) is 86.9 cm³/mol. The zero-order valence-corrected chi connectivity index (χ0v) is 13.3. The number of rotatable bonds is 5. The summed E-state index contributed by atoms with van der Waals surface area (Å²) < 4.78 is 5.71. The lowest BCUT2D eigenvalue weighted by Crippen LogP contribution is -2.41. The van der Waals surface area contributed by atoms with Gasteiger partial charge in [-0.3, -0.25) is 4.79 Å². The Kier molecular flexibility index (Phi) is 4.98. The number of carbonyl (C=O) groups is 1. The number of carbonyl (C=O) groups excluding carboxylic acids is 1. The number of amides is 1. The highest BCUT2D eigenvalue weighted by atomic mass is 16.5. The summed E-state index contributed by atoms with van der Waals surface area (Å²) in [6.07, 6.45) is 4.34. The molecular weight excluding hydrogens is 276 g/mol. The number of likely N-dealkylation sites (tertiary alicyclic amines) is 1. The second kappa shape index (κ2) is 7.14. The topological polar surface area (TPSA) is 41.6 Å². The van der Waals surface area contributed by atoms with Gasteiger partial charge in [-0.05, 0) is 37.8 Å². The molecule has 0 aliphatic carbocycles. The zero-order valence-electron chi connectivity index (χ0n) is 13.3. The van der Waals surface area contributed by atoms with Crippen LogP contribution in [0.2, 0.25) is 0 Å². The molecule has 2 bridgehead atoms. The molecule has 3 unspecified atom stereocenters. The van der Waals surface area contributed by atoms with Gasteiger partial charge in [0.1, 0.15) is 5.75 Å². The third kappa shape index (κ3) is 3.80. The van der Waals surface area contributed by atoms with E-state index in [-0.39, 0.29) is 11.8 Å². The van der Waals surface area contributed by atoms with Gasteiger partial charge in [-0.15, -0.1) is 0 Å². The van der Waals surface area contributed by atoms with E-state index in [2.05, 4.69) is 10.2 Å². The average molecular weight is 302 g/mol. The molecule has 0 radical (unpaired) electrons. The van der Waals surface area contributed by atoms with Crippen LogP contribution in [0.1, 0.15) is 32.6 Å². The Balaban J connectivity index is 1.45. The first-order valence-corrected chi connectivity index (χ1v) is 8.45. The van der Waals surface area contributed by atoms with Gasteiger partial charge in [-0.25, -0.2) is 0 Å². The summed E-state index contributed by atoms with van der Waals surface area (Å²) in [5, 5.41) is 3.62. The first kappa shape index (κ1) is 15.3. The van der Waals surface area contributed by atoms with Crippen LogP contribution in [-0.4, -0.2) is 42.6 Å². The van der Waals surface area contributed by atoms with E-state index < -0.39 is 0 Å². The largest absolute Gasteiger partial charge is 0.494 e. The maximum absolute atomic E-state index is 12.6. The van der Waals surface area contributed by atoms with Gasteiger partial charge in [-0.2, -0.15) is 0 Å². The Bertz CT molecular complexity index is 491. The Morgan fingerprint density at radius 3 is 2.86 bits per heavy atom. The fraction of sp³-hybridized carbons (Fsp3) is 0.611. The SMILES string of the molecule is CC(CCOc1ccccc1)C(=O)N1CCC2CCC(C1)N2. The number of fused-ring (bicyclic) bond motifs is 2. The van der Waals surface area contributed by atoms with E-state index in [9.17, 15) is 4.79 Å². The molecule has 2 heterocycles. The minimum atomic E-state index is 0.0281. The molecule has 3 atom stereocenters. The quantitative estimate of drug-likeness (QED) is 0.908. The van der Waals surface area contributed by atoms with E-state index in [1.807, 2.05) is 37.3 Å². The summed E-state index contributed by atoms with van der Waals surface area (Å²) in [5.74, 6) is 1.18. The third-order valence-electron chi connectivity index (χ3n) is 4.82. The highest BCUT2D eigenvalue weighted by molar-refractivity contribution is 5.78. The van der Waals surface area contributed by atoms with Crippen LogP contribution in [0.4, 0.5) is 0 Å². The second-order valence-electron chi connectivity index (χ2n) is 6.56. The summed E-state index contributed by atoms with van der Waals surface area (Å²) in [6, 6.07) is 10.9. The van der Waals surface area contributed by atoms with E-state index in [4.69, 9.17) is 4.74 Å². The number of nitrogens with one attached hydrogen (secondary N) is 1. The van der Waals surface area contributed by atoms with Crippen LogP contribution in [0.3, 0.4) is 0 Å². The van der Waals surface area contributed by atoms with Crippen LogP contribution in [0, 0.1) is 5.92 Å². The molecule has 0 saturated carbocycles. The number of nitrogens with zero attached hydrogens (tertiary/aromatic N) is 1. The van der Waals surface area contributed by atoms with Gasteiger partial charge in [0.2, 0.25) is 5.91 Å². The maximum atomic E-state index is 12.6. The molecule has 4 heteroatoms. The van der Waals surface area contributed by atoms with Gasteiger partial charge in [0.05, 0.1) is 6.61 Å². The lowest BCUT2D eigenvalue weighted by atomic mass is 10.0. The summed E-state index contributed by atoms with van der Waals surface area (Å²) in [7, 11) is 0. The Morgan fingerprint density at radius 1 is 1.27 bits per heavy atom. The maximum Gasteiger partial charge on any atom is 0.225 e. The van der Waals surface area contributed by atoms with Gasteiger partial charge in [-0.1, -0.05) is 25.1 Å². The minimum Gasteiger partial charge on any atom is -0.494 e. The normalized spacial score (nSPS) is 25.6. The van der Waals surface area contributed by atoms with Gasteiger partial charge in [0.15, 0.2) is 0 Å². The van der Waals surface area contributed by atoms with Gasteiger partial charge in [0.25, 0.3) is 0 Å². The Hall–Kier alpha value is -1.55. The molecule has 2 saturated heterocycles. The van der Waals surface area contributed by atoms with Crippen molar-refractivity contribution >= 4 is 5.91 Å². The molecule has 1 amide bonds. The predicted octanol–water partition coefficient (Wildman–Crippen LogP) is 2.44. The number of para-hydroxylation sites is 1. The molecule has 1 N–H and O–H groups in total. The first-order valence-electron chi connectivity index (χ1n) is 8.45. The summed E-state index contributed by atoms with van der Waals surface area (Å²) in [4.78, 5) is 14.7. The smallest absolute Gasteiger partial charge is 0.225 e. The molecular formula is C18H26N2O2. The van der Waals surface area contributed by atoms with Crippen LogP contribution in [0.15, 0.2) is 30.3 Å². The van der Waals surface area contributed by atoms with Crippen molar-refractivity contribution in [3.8, 4) is 5.75 Å². The second-order valence-corrected chi connectivity index (χ2v) is 6.56. The Labute approximate surface area is 132 Å². The lowest BCUT2D eigenvalue weighted by Gasteiger charge is -2.27. The minimum absolute atomic E-state index is 0.0281. The van der Waals surface area contributed by atoms with Crippen molar-refractivity contribution in [2.45, 2.75) is 44.7 Å². The number of benzene rings is 1. The van der Waals surface area contributed by atoms with Crippen LogP contribution in [0.5, 0.6) is 5.75 Å². The van der Waals surface area contributed by atoms with E-state index in [0.29, 0.717) is 18.7 Å². The van der Waals surface area contributed by atoms with Crippen LogP contribution < -0.4 is 10.1 Å². The van der Waals surface area contributed by atoms with Crippen molar-refractivity contribution in [2.75, 3.05) is 19.7 Å². The molecule has 4 nitrogen and oxygen atoms in total. The molecule has 0 spiro atoms. The van der Waals surface area contributed by atoms with E-state index in [1.54, 1.807) is 0 Å². The Morgan fingerprint density at radius 2 is 2.05 bits per heavy atom. The van der Waals surface area contributed by atoms with Crippen molar-refractivity contribution in [3.63, 3.8) is 0 Å². The summed E-state index contributed by atoms with van der Waals surface area (Å²) >= 11 is 0. The van der Waals surface area contributed by atoms with Crippen LogP contribution in [0.25, 0.3) is 0 Å². The molecule has 22 heavy (non-hydrogen) atoms. The standard InChI is InChI=1S/C18H26N2O2/c1-14(10-12-22-17-5-3-2-4-6-17)18(21)20-11-9-15-7-8-16(13-20)19-15/h2-6,14-16,19H,7-13H2,1H3. The molecule has 1 aromatic rings. The van der Waals surface area contributed by atoms with Crippen molar-refractivity contribution in [2.24, 2.45) is 5.92 Å². The third-order valence-corrected chi connectivity index (χ3v) is 4.82. The highest BCUT2D eigenvalue weighted by Crippen LogP contribution is 2.22. The number of hydrogen-bond donors (Lipinski definition) is 1. The van der Waals surface area contributed by atoms with Crippen molar-refractivity contribution in [3.05, 3.63) is 30.3 Å². The molecule has 3 rings (SSSR count). The lowest BCUT2D eigenvalue weighted by molar-refractivity contribution is -0.135. The monoisotopic (exact) mass is 302 g/mol. The van der Waals surface area contributed by atoms with E-state index in [0.717, 1.165) is 31.7 Å². The van der Waals surface area contributed by atoms with Crippen LogP contribution in [-0.2, 0) is 4.79 Å². The fourth-order valence-corrected chi connectivity index (χ4v) is 3.45. The first-order chi connectivity index (χ1) is 10.7. The molecule has 0 aromatic heterocycles. The molecule has 2 fully saturated rings. The summed E-state index contributed by atoms with van der Waals surface area (Å²) in [5.41, 5.74) is 0. The van der Waals surface area contributed by atoms with Gasteiger partial charge in [0, 0.05) is 31.1 Å². The van der Waals surface area contributed by atoms with E-state index >= 15 is 0 Å². The van der Waals surface area contributed by atoms with Crippen molar-refractivity contribution in [1.29, 1.82) is 0 Å².